The zero-order valence-electron chi connectivity index (χ0n) is 9.79. The van der Waals surface area contributed by atoms with E-state index in [0.717, 1.165) is 6.07 Å². The topological polar surface area (TPSA) is 55.5 Å². The molecule has 18 heavy (non-hydrogen) atoms. The minimum Gasteiger partial charge on any atom is -0.496 e. The summed E-state index contributed by atoms with van der Waals surface area (Å²) in [5.41, 5.74) is 4.98. The molecule has 0 saturated heterocycles. The number of methoxy groups -OCH3 is 1. The van der Waals surface area contributed by atoms with Gasteiger partial charge in [-0.3, -0.25) is 0 Å². The molecule has 1 aliphatic rings. The molecule has 0 spiro atoms. The van der Waals surface area contributed by atoms with Gasteiger partial charge in [-0.05, 0) is 30.5 Å². The first kappa shape index (κ1) is 13.2. The number of hydrogen-bond acceptors (Lipinski definition) is 3. The number of aliphatic hydroxyl groups is 1. The van der Waals surface area contributed by atoms with Crippen LogP contribution in [0.1, 0.15) is 24.0 Å². The Labute approximate surface area is 102 Å². The molecule has 0 unspecified atom stereocenters. The third-order valence-corrected chi connectivity index (χ3v) is 3.28. The van der Waals surface area contributed by atoms with E-state index in [9.17, 15) is 18.3 Å². The molecule has 1 saturated carbocycles. The van der Waals surface area contributed by atoms with Crippen LogP contribution in [0.25, 0.3) is 0 Å². The second-order valence-electron chi connectivity index (χ2n) is 4.63. The highest BCUT2D eigenvalue weighted by atomic mass is 19.4. The summed E-state index contributed by atoms with van der Waals surface area (Å²) >= 11 is 0. The maximum Gasteiger partial charge on any atom is 0.419 e. The van der Waals surface area contributed by atoms with Gasteiger partial charge in [-0.2, -0.15) is 13.2 Å². The van der Waals surface area contributed by atoms with Crippen molar-refractivity contribution in [2.24, 2.45) is 5.73 Å². The van der Waals surface area contributed by atoms with Gasteiger partial charge in [0.15, 0.2) is 0 Å². The first-order valence-electron chi connectivity index (χ1n) is 5.49. The van der Waals surface area contributed by atoms with Gasteiger partial charge in [-0.1, -0.05) is 6.07 Å². The molecular weight excluding hydrogens is 247 g/mol. The van der Waals surface area contributed by atoms with Crippen LogP contribution >= 0.6 is 0 Å². The average Bonchev–Trinajstić information content (AvgIpc) is 2.25. The van der Waals surface area contributed by atoms with Gasteiger partial charge in [0.2, 0.25) is 0 Å². The van der Waals surface area contributed by atoms with Gasteiger partial charge in [0.25, 0.3) is 0 Å². The van der Waals surface area contributed by atoms with E-state index in [2.05, 4.69) is 0 Å². The Bertz CT molecular complexity index is 453. The lowest BCUT2D eigenvalue weighted by Crippen LogP contribution is -2.51. The van der Waals surface area contributed by atoms with Crippen LogP contribution < -0.4 is 10.5 Å². The second kappa shape index (κ2) is 4.13. The molecule has 0 atom stereocenters. The summed E-state index contributed by atoms with van der Waals surface area (Å²) in [5.74, 6) is -0.244. The monoisotopic (exact) mass is 261 g/mol. The third-order valence-electron chi connectivity index (χ3n) is 3.28. The fourth-order valence-electron chi connectivity index (χ4n) is 2.25. The number of halogens is 3. The van der Waals surface area contributed by atoms with Crippen molar-refractivity contribution in [3.63, 3.8) is 0 Å². The van der Waals surface area contributed by atoms with Crippen LogP contribution in [0.4, 0.5) is 13.2 Å². The zero-order valence-corrected chi connectivity index (χ0v) is 9.79. The van der Waals surface area contributed by atoms with Crippen LogP contribution in [0.3, 0.4) is 0 Å². The molecule has 100 valence electrons. The lowest BCUT2D eigenvalue weighted by Gasteiger charge is -2.42. The predicted molar refractivity (Wildman–Crippen MR) is 59.1 cm³/mol. The molecule has 1 aromatic carbocycles. The van der Waals surface area contributed by atoms with Crippen molar-refractivity contribution in [1.29, 1.82) is 0 Å². The molecule has 1 aliphatic carbocycles. The Morgan fingerprint density at radius 2 is 2.00 bits per heavy atom. The molecule has 1 aromatic rings. The molecule has 0 radical (unpaired) electrons. The smallest absolute Gasteiger partial charge is 0.419 e. The van der Waals surface area contributed by atoms with Crippen molar-refractivity contribution in [3.05, 3.63) is 29.3 Å². The van der Waals surface area contributed by atoms with Crippen molar-refractivity contribution < 1.29 is 23.0 Å². The molecule has 3 nitrogen and oxygen atoms in total. The van der Waals surface area contributed by atoms with Crippen molar-refractivity contribution in [3.8, 4) is 5.75 Å². The van der Waals surface area contributed by atoms with E-state index in [1.54, 1.807) is 0 Å². The lowest BCUT2D eigenvalue weighted by atomic mass is 9.70. The first-order chi connectivity index (χ1) is 8.26. The van der Waals surface area contributed by atoms with E-state index in [1.807, 2.05) is 0 Å². The highest BCUT2D eigenvalue weighted by Crippen LogP contribution is 2.43. The Hall–Kier alpha value is -1.27. The lowest BCUT2D eigenvalue weighted by molar-refractivity contribution is -0.138. The summed E-state index contributed by atoms with van der Waals surface area (Å²) in [6.45, 7) is 0. The van der Waals surface area contributed by atoms with Crippen molar-refractivity contribution in [2.45, 2.75) is 30.7 Å². The van der Waals surface area contributed by atoms with E-state index >= 15 is 0 Å². The van der Waals surface area contributed by atoms with Gasteiger partial charge in [0, 0.05) is 5.54 Å². The SMILES string of the molecule is COc1cc(C2(N)CC(O)C2)ccc1C(F)(F)F. The molecular formula is C12H14F3NO2. The highest BCUT2D eigenvalue weighted by molar-refractivity contribution is 5.42. The molecule has 0 amide bonds. The van der Waals surface area contributed by atoms with Crippen LogP contribution in [0.15, 0.2) is 18.2 Å². The van der Waals surface area contributed by atoms with Crippen molar-refractivity contribution in [2.75, 3.05) is 7.11 Å². The summed E-state index contributed by atoms with van der Waals surface area (Å²) in [6.07, 6.45) is -4.24. The maximum absolute atomic E-state index is 12.7. The first-order valence-corrected chi connectivity index (χ1v) is 5.49. The van der Waals surface area contributed by atoms with Crippen LogP contribution in [-0.4, -0.2) is 18.3 Å². The minimum atomic E-state index is -4.45. The number of rotatable bonds is 2. The Morgan fingerprint density at radius 1 is 1.39 bits per heavy atom. The van der Waals surface area contributed by atoms with Gasteiger partial charge in [-0.25, -0.2) is 0 Å². The van der Waals surface area contributed by atoms with Gasteiger partial charge in [0.05, 0.1) is 18.8 Å². The molecule has 3 N–H and O–H groups in total. The Kier molecular flexibility index (Phi) is 3.03. The molecule has 0 heterocycles. The number of hydrogen-bond donors (Lipinski definition) is 2. The number of aliphatic hydroxyl groups excluding tert-OH is 1. The Morgan fingerprint density at radius 3 is 2.44 bits per heavy atom. The predicted octanol–water partition coefficient (Wildman–Crippen LogP) is 2.02. The summed E-state index contributed by atoms with van der Waals surface area (Å²) in [7, 11) is 1.19. The second-order valence-corrected chi connectivity index (χ2v) is 4.63. The summed E-state index contributed by atoms with van der Waals surface area (Å²) in [6, 6.07) is 3.61. The van der Waals surface area contributed by atoms with E-state index in [4.69, 9.17) is 10.5 Å². The van der Waals surface area contributed by atoms with E-state index in [-0.39, 0.29) is 5.75 Å². The van der Waals surface area contributed by atoms with Crippen LogP contribution in [0.2, 0.25) is 0 Å². The summed E-state index contributed by atoms with van der Waals surface area (Å²) in [5, 5.41) is 9.26. The molecule has 2 rings (SSSR count). The fraction of sp³-hybridized carbons (Fsp3) is 0.500. The Balaban J connectivity index is 2.37. The van der Waals surface area contributed by atoms with Crippen molar-refractivity contribution >= 4 is 0 Å². The fourth-order valence-corrected chi connectivity index (χ4v) is 2.25. The highest BCUT2D eigenvalue weighted by Gasteiger charge is 2.43. The van der Waals surface area contributed by atoms with E-state index < -0.39 is 23.4 Å². The number of benzene rings is 1. The number of ether oxygens (including phenoxy) is 1. The summed E-state index contributed by atoms with van der Waals surface area (Å²) in [4.78, 5) is 0. The number of nitrogens with two attached hydrogens (primary N) is 1. The van der Waals surface area contributed by atoms with E-state index in [0.29, 0.717) is 18.4 Å². The molecule has 0 bridgehead atoms. The number of alkyl halides is 3. The molecule has 0 aliphatic heterocycles. The summed E-state index contributed by atoms with van der Waals surface area (Å²) < 4.78 is 42.8. The minimum absolute atomic E-state index is 0.244. The normalized spacial score (nSPS) is 27.8. The van der Waals surface area contributed by atoms with Crippen LogP contribution in [0, 0.1) is 0 Å². The molecule has 0 aromatic heterocycles. The van der Waals surface area contributed by atoms with Crippen molar-refractivity contribution in [1.82, 2.24) is 0 Å². The van der Waals surface area contributed by atoms with Gasteiger partial charge in [-0.15, -0.1) is 0 Å². The van der Waals surface area contributed by atoms with Crippen LogP contribution in [-0.2, 0) is 11.7 Å². The van der Waals surface area contributed by atoms with Gasteiger partial charge >= 0.3 is 6.18 Å². The third kappa shape index (κ3) is 2.18. The van der Waals surface area contributed by atoms with Gasteiger partial charge in [0.1, 0.15) is 5.75 Å². The average molecular weight is 261 g/mol. The maximum atomic E-state index is 12.7. The molecule has 1 fully saturated rings. The van der Waals surface area contributed by atoms with Gasteiger partial charge < -0.3 is 15.6 Å². The zero-order chi connectivity index (χ0) is 13.6. The quantitative estimate of drug-likeness (QED) is 0.856. The largest absolute Gasteiger partial charge is 0.496 e. The van der Waals surface area contributed by atoms with Crippen LogP contribution in [0.5, 0.6) is 5.75 Å². The standard InChI is InChI=1S/C12H14F3NO2/c1-18-10-4-7(11(16)5-8(17)6-11)2-3-9(10)12(13,14)15/h2-4,8,17H,5-6,16H2,1H3. The molecule has 6 heteroatoms. The van der Waals surface area contributed by atoms with E-state index in [1.165, 1.54) is 19.2 Å².